The number of fused-ring (bicyclic) bond motifs is 1. The summed E-state index contributed by atoms with van der Waals surface area (Å²) < 4.78 is 44.5. The van der Waals surface area contributed by atoms with Gasteiger partial charge >= 0.3 is 17.9 Å². The SMILES string of the molecule is CC[C@H](C)C(=O)O[C@H]1C[C@H](O)C=C2C=C[C@H](C)[C@H](CC[C@@H](O)C[C@@H](O)CC(=O)NCCC(=O)Oc3ccc([C@@H]4[C@@H](CC[C@H](OC(C)=O)c5ccc(F)cc5)C(=O)N4c4ccc(F)cc4)cc3)[C@H]21. The largest absolute Gasteiger partial charge is 0.461 e. The van der Waals surface area contributed by atoms with E-state index in [4.69, 9.17) is 14.2 Å². The van der Waals surface area contributed by atoms with Crippen LogP contribution in [-0.2, 0) is 33.4 Å². The highest BCUT2D eigenvalue weighted by atomic mass is 19.1. The van der Waals surface area contributed by atoms with Crippen molar-refractivity contribution in [1.82, 2.24) is 5.32 Å². The quantitative estimate of drug-likeness (QED) is 0.0470. The van der Waals surface area contributed by atoms with Gasteiger partial charge in [0.1, 0.15) is 29.6 Å². The molecule has 0 saturated carbocycles. The molecule has 0 spiro atoms. The first-order chi connectivity index (χ1) is 32.0. The Labute approximate surface area is 390 Å². The Morgan fingerprint density at radius 1 is 0.910 bits per heavy atom. The van der Waals surface area contributed by atoms with Crippen LogP contribution in [0.5, 0.6) is 5.75 Å². The predicted molar refractivity (Wildman–Crippen MR) is 244 cm³/mol. The van der Waals surface area contributed by atoms with Gasteiger partial charge in [0, 0.05) is 31.5 Å². The molecule has 15 heteroatoms. The summed E-state index contributed by atoms with van der Waals surface area (Å²) in [7, 11) is 0. The van der Waals surface area contributed by atoms with Gasteiger partial charge in [-0.15, -0.1) is 0 Å². The van der Waals surface area contributed by atoms with Crippen molar-refractivity contribution in [2.45, 2.75) is 122 Å². The minimum Gasteiger partial charge on any atom is -0.461 e. The number of carbonyl (C=O) groups excluding carboxylic acids is 5. The number of aliphatic hydroxyl groups is 3. The molecule has 3 aromatic carbocycles. The van der Waals surface area contributed by atoms with Crippen molar-refractivity contribution in [3.8, 4) is 5.75 Å². The number of benzene rings is 3. The van der Waals surface area contributed by atoms with E-state index < -0.39 is 72.0 Å². The molecular weight excluding hydrogens is 867 g/mol. The first-order valence-electron chi connectivity index (χ1n) is 23.2. The molecule has 0 aromatic heterocycles. The second-order valence-corrected chi connectivity index (χ2v) is 18.1. The summed E-state index contributed by atoms with van der Waals surface area (Å²) in [5.74, 6) is -3.65. The maximum absolute atomic E-state index is 13.8. The molecule has 11 atom stereocenters. The topological polar surface area (TPSA) is 189 Å². The minimum atomic E-state index is -1.14. The lowest BCUT2D eigenvalue weighted by Gasteiger charge is -2.48. The van der Waals surface area contributed by atoms with Crippen LogP contribution in [0, 0.1) is 41.2 Å². The van der Waals surface area contributed by atoms with Gasteiger partial charge < -0.3 is 39.7 Å². The van der Waals surface area contributed by atoms with Crippen LogP contribution in [0.2, 0.25) is 0 Å². The van der Waals surface area contributed by atoms with Crippen molar-refractivity contribution < 1.29 is 62.3 Å². The average molecular weight is 929 g/mol. The number of ether oxygens (including phenoxy) is 3. The molecule has 6 rings (SSSR count). The van der Waals surface area contributed by atoms with Gasteiger partial charge in [-0.3, -0.25) is 24.0 Å². The third-order valence-electron chi connectivity index (χ3n) is 13.2. The molecule has 13 nitrogen and oxygen atoms in total. The van der Waals surface area contributed by atoms with Gasteiger partial charge in [-0.05, 0) is 116 Å². The van der Waals surface area contributed by atoms with Crippen LogP contribution in [-0.4, -0.2) is 76.0 Å². The van der Waals surface area contributed by atoms with Crippen molar-refractivity contribution >= 4 is 35.4 Å². The fourth-order valence-electron chi connectivity index (χ4n) is 9.43. The fourth-order valence-corrected chi connectivity index (χ4v) is 9.43. The number of β-lactam (4-membered cyclic amide) rings is 1. The molecule has 2 amide bonds. The number of esters is 3. The van der Waals surface area contributed by atoms with Gasteiger partial charge in [0.2, 0.25) is 11.8 Å². The molecule has 1 fully saturated rings. The zero-order valence-corrected chi connectivity index (χ0v) is 38.4. The number of hydrogen-bond acceptors (Lipinski definition) is 11. The van der Waals surface area contributed by atoms with Crippen molar-refractivity contribution in [3.63, 3.8) is 0 Å². The van der Waals surface area contributed by atoms with Crippen LogP contribution in [0.3, 0.4) is 0 Å². The number of carbonyl (C=O) groups is 5. The average Bonchev–Trinajstić information content (AvgIpc) is 3.28. The Balaban J connectivity index is 0.967. The Morgan fingerprint density at radius 2 is 1.58 bits per heavy atom. The maximum atomic E-state index is 13.8. The van der Waals surface area contributed by atoms with E-state index in [-0.39, 0.29) is 73.5 Å². The molecule has 0 bridgehead atoms. The molecule has 1 saturated heterocycles. The number of halogens is 2. The lowest BCUT2D eigenvalue weighted by Crippen LogP contribution is -2.55. The Bertz CT molecular complexity index is 2250. The van der Waals surface area contributed by atoms with Crippen molar-refractivity contribution in [2.75, 3.05) is 11.4 Å². The number of allylic oxidation sites excluding steroid dienone is 2. The molecule has 67 heavy (non-hydrogen) atoms. The van der Waals surface area contributed by atoms with Gasteiger partial charge in [-0.1, -0.05) is 63.3 Å². The van der Waals surface area contributed by atoms with Gasteiger partial charge in [-0.25, -0.2) is 8.78 Å². The number of nitrogens with one attached hydrogen (secondary N) is 1. The van der Waals surface area contributed by atoms with Gasteiger partial charge in [0.15, 0.2) is 0 Å². The Kier molecular flexibility index (Phi) is 17.6. The molecule has 0 radical (unpaired) electrons. The van der Waals surface area contributed by atoms with Gasteiger partial charge in [0.05, 0.1) is 49.0 Å². The van der Waals surface area contributed by atoms with Gasteiger partial charge in [-0.2, -0.15) is 0 Å². The lowest BCUT2D eigenvalue weighted by atomic mass is 9.66. The standard InChI is InChI=1S/C52H62F2N2O11/c1-5-30(2)52(64)67-46-28-40(59)26-35-7-6-31(3)43(49(35)46)21-18-39(58)27-41(60)29-47(61)55-25-24-48(62)66-42-19-10-34(11-20-42)50-44(51(63)56(50)38-16-14-37(54)15-17-38)22-23-45(65-32(4)57)33-8-12-36(53)13-9-33/h6-17,19-20,26,30-31,39-41,43-46,49-50,58-60H,5,18,21-25,27-29H2,1-4H3,(H,55,61)/t30-,31-,39+,40+,41+,43-,44+,45-,46-,49-,50+/m0/s1. The molecule has 3 aromatic rings. The molecule has 4 N–H and O–H groups in total. The summed E-state index contributed by atoms with van der Waals surface area (Å²) in [5, 5.41) is 34.7. The van der Waals surface area contributed by atoms with E-state index >= 15 is 0 Å². The van der Waals surface area contributed by atoms with E-state index in [0.29, 0.717) is 48.9 Å². The molecule has 3 aliphatic rings. The summed E-state index contributed by atoms with van der Waals surface area (Å²) >= 11 is 0. The highest BCUT2D eigenvalue weighted by Crippen LogP contribution is 2.47. The first kappa shape index (κ1) is 50.6. The highest BCUT2D eigenvalue weighted by Gasteiger charge is 2.49. The Morgan fingerprint density at radius 3 is 2.24 bits per heavy atom. The van der Waals surface area contributed by atoms with Crippen LogP contribution in [0.15, 0.2) is 96.6 Å². The summed E-state index contributed by atoms with van der Waals surface area (Å²) in [6.45, 7) is 7.02. The number of rotatable bonds is 21. The third-order valence-corrected chi connectivity index (χ3v) is 13.2. The molecule has 1 heterocycles. The summed E-state index contributed by atoms with van der Waals surface area (Å²) in [6.07, 6.45) is 3.79. The van der Waals surface area contributed by atoms with E-state index in [1.54, 1.807) is 35.2 Å². The van der Waals surface area contributed by atoms with E-state index in [1.807, 2.05) is 19.9 Å². The zero-order valence-electron chi connectivity index (χ0n) is 38.4. The fraction of sp³-hybridized carbons (Fsp3) is 0.481. The summed E-state index contributed by atoms with van der Waals surface area (Å²) in [4.78, 5) is 65.4. The molecular formula is C52H62F2N2O11. The van der Waals surface area contributed by atoms with Crippen LogP contribution < -0.4 is 15.0 Å². The number of hydrogen-bond donors (Lipinski definition) is 4. The minimum absolute atomic E-state index is 0.0191. The smallest absolute Gasteiger partial charge is 0.312 e. The van der Waals surface area contributed by atoms with Gasteiger partial charge in [0.25, 0.3) is 0 Å². The molecule has 1 aliphatic heterocycles. The van der Waals surface area contributed by atoms with E-state index in [9.17, 15) is 48.1 Å². The van der Waals surface area contributed by atoms with E-state index in [2.05, 4.69) is 18.3 Å². The molecule has 0 unspecified atom stereocenters. The molecule has 2 aliphatic carbocycles. The predicted octanol–water partition coefficient (Wildman–Crippen LogP) is 7.53. The van der Waals surface area contributed by atoms with Crippen LogP contribution >= 0.6 is 0 Å². The summed E-state index contributed by atoms with van der Waals surface area (Å²) in [5.41, 5.74) is 2.69. The highest BCUT2D eigenvalue weighted by molar-refractivity contribution is 6.03. The van der Waals surface area contributed by atoms with E-state index in [1.165, 1.54) is 55.5 Å². The zero-order chi connectivity index (χ0) is 48.4. The maximum Gasteiger partial charge on any atom is 0.312 e. The number of anilines is 1. The number of amides is 2. The van der Waals surface area contributed by atoms with E-state index in [0.717, 1.165) is 5.57 Å². The second kappa shape index (κ2) is 23.3. The summed E-state index contributed by atoms with van der Waals surface area (Å²) in [6, 6.07) is 17.3. The molecule has 360 valence electrons. The third kappa shape index (κ3) is 13.4. The van der Waals surface area contributed by atoms with Crippen LogP contribution in [0.4, 0.5) is 14.5 Å². The van der Waals surface area contributed by atoms with Crippen LogP contribution in [0.1, 0.15) is 109 Å². The van der Waals surface area contributed by atoms with Crippen LogP contribution in [0.25, 0.3) is 0 Å². The number of nitrogens with zero attached hydrogens (tertiary/aromatic N) is 1. The normalized spacial score (nSPS) is 24.0. The van der Waals surface area contributed by atoms with Crippen molar-refractivity contribution in [1.29, 1.82) is 0 Å². The van der Waals surface area contributed by atoms with Crippen molar-refractivity contribution in [3.05, 3.63) is 119 Å². The van der Waals surface area contributed by atoms with Crippen molar-refractivity contribution in [2.24, 2.45) is 29.6 Å². The number of aliphatic hydroxyl groups excluding tert-OH is 3. The monoisotopic (exact) mass is 928 g/mol. The second-order valence-electron chi connectivity index (χ2n) is 18.1. The first-order valence-corrected chi connectivity index (χ1v) is 23.2. The lowest BCUT2D eigenvalue weighted by molar-refractivity contribution is -0.159. The Hall–Kier alpha value is -5.77.